The Hall–Kier alpha value is -2.34. The molecule has 0 aliphatic carbocycles. The third-order valence-corrected chi connectivity index (χ3v) is 5.07. The molecule has 120 valence electrons. The summed E-state index contributed by atoms with van der Waals surface area (Å²) in [6.45, 7) is 3.86. The fourth-order valence-electron chi connectivity index (χ4n) is 2.53. The molecule has 3 aromatic rings. The summed E-state index contributed by atoms with van der Waals surface area (Å²) in [6, 6.07) is 11.3. The number of hydrogen-bond acceptors (Lipinski definition) is 3. The number of nitrogens with one attached hydrogen (secondary N) is 1. The van der Waals surface area contributed by atoms with Crippen LogP contribution in [0.4, 0.5) is 5.69 Å². The van der Waals surface area contributed by atoms with Crippen LogP contribution < -0.4 is 4.72 Å². The van der Waals surface area contributed by atoms with Crippen LogP contribution in [0, 0.1) is 6.92 Å². The molecule has 0 amide bonds. The Labute approximate surface area is 136 Å². The van der Waals surface area contributed by atoms with Gasteiger partial charge in [0, 0.05) is 23.6 Å². The van der Waals surface area contributed by atoms with Gasteiger partial charge in [-0.2, -0.15) is 0 Å². The first-order valence-electron chi connectivity index (χ1n) is 7.54. The number of pyridine rings is 1. The van der Waals surface area contributed by atoms with Crippen LogP contribution in [0.25, 0.3) is 16.9 Å². The molecule has 0 aliphatic heterocycles. The van der Waals surface area contributed by atoms with Crippen molar-refractivity contribution in [3.05, 3.63) is 54.4 Å². The second-order valence-electron chi connectivity index (χ2n) is 5.55. The number of rotatable bonds is 5. The summed E-state index contributed by atoms with van der Waals surface area (Å²) in [6.07, 6.45) is 4.48. The number of fused-ring (bicyclic) bond motifs is 1. The van der Waals surface area contributed by atoms with E-state index in [0.29, 0.717) is 12.1 Å². The van der Waals surface area contributed by atoms with E-state index in [4.69, 9.17) is 0 Å². The standard InChI is InChI=1S/C17H19N3O2S/c1-3-10-23(21,22)19-15-8-4-7-14(11-15)16-12-20-9-5-6-13(2)17(20)18-16/h4-9,11-12,19H,3,10H2,1-2H3. The van der Waals surface area contributed by atoms with Gasteiger partial charge in [0.05, 0.1) is 11.4 Å². The molecule has 0 radical (unpaired) electrons. The first kappa shape index (κ1) is 15.6. The van der Waals surface area contributed by atoms with Crippen molar-refractivity contribution in [1.82, 2.24) is 9.38 Å². The molecule has 1 N–H and O–H groups in total. The van der Waals surface area contributed by atoms with Crippen molar-refractivity contribution in [1.29, 1.82) is 0 Å². The number of aromatic nitrogens is 2. The average Bonchev–Trinajstić information content (AvgIpc) is 2.92. The SMILES string of the molecule is CCCS(=O)(=O)Nc1cccc(-c2cn3cccc(C)c3n2)c1. The van der Waals surface area contributed by atoms with Crippen LogP contribution in [0.1, 0.15) is 18.9 Å². The molecule has 2 aromatic heterocycles. The van der Waals surface area contributed by atoms with E-state index in [1.807, 2.05) is 61.0 Å². The van der Waals surface area contributed by atoms with Crippen molar-refractivity contribution in [2.75, 3.05) is 10.5 Å². The minimum Gasteiger partial charge on any atom is -0.306 e. The number of aryl methyl sites for hydroxylation is 1. The predicted octanol–water partition coefficient (Wildman–Crippen LogP) is 3.46. The zero-order chi connectivity index (χ0) is 16.4. The molecule has 0 unspecified atom stereocenters. The Morgan fingerprint density at radius 1 is 1.22 bits per heavy atom. The zero-order valence-electron chi connectivity index (χ0n) is 13.2. The lowest BCUT2D eigenvalue weighted by molar-refractivity contribution is 0.600. The largest absolute Gasteiger partial charge is 0.306 e. The summed E-state index contributed by atoms with van der Waals surface area (Å²) in [5.41, 5.74) is 4.25. The van der Waals surface area contributed by atoms with Gasteiger partial charge in [-0.05, 0) is 37.1 Å². The molecule has 0 aliphatic rings. The van der Waals surface area contributed by atoms with E-state index in [2.05, 4.69) is 9.71 Å². The summed E-state index contributed by atoms with van der Waals surface area (Å²) in [7, 11) is -3.29. The molecule has 2 heterocycles. The molecule has 5 nitrogen and oxygen atoms in total. The molecule has 23 heavy (non-hydrogen) atoms. The Morgan fingerprint density at radius 2 is 2.04 bits per heavy atom. The normalized spacial score (nSPS) is 11.7. The van der Waals surface area contributed by atoms with E-state index < -0.39 is 10.0 Å². The smallest absolute Gasteiger partial charge is 0.232 e. The Balaban J connectivity index is 1.97. The fraction of sp³-hybridized carbons (Fsp3) is 0.235. The summed E-state index contributed by atoms with van der Waals surface area (Å²) in [4.78, 5) is 4.64. The summed E-state index contributed by atoms with van der Waals surface area (Å²) >= 11 is 0. The van der Waals surface area contributed by atoms with Gasteiger partial charge in [0.2, 0.25) is 10.0 Å². The predicted molar refractivity (Wildman–Crippen MR) is 93.1 cm³/mol. The summed E-state index contributed by atoms with van der Waals surface area (Å²) in [5.74, 6) is 0.116. The molecule has 0 atom stereocenters. The molecule has 0 saturated heterocycles. The number of imidazole rings is 1. The molecule has 6 heteroatoms. The van der Waals surface area contributed by atoms with Gasteiger partial charge in [0.25, 0.3) is 0 Å². The van der Waals surface area contributed by atoms with Crippen molar-refractivity contribution < 1.29 is 8.42 Å². The highest BCUT2D eigenvalue weighted by atomic mass is 32.2. The highest BCUT2D eigenvalue weighted by Gasteiger charge is 2.11. The molecule has 3 rings (SSSR count). The highest BCUT2D eigenvalue weighted by Crippen LogP contribution is 2.24. The molecule has 0 bridgehead atoms. The van der Waals surface area contributed by atoms with Crippen molar-refractivity contribution in [2.24, 2.45) is 0 Å². The number of anilines is 1. The molecule has 1 aromatic carbocycles. The highest BCUT2D eigenvalue weighted by molar-refractivity contribution is 7.92. The van der Waals surface area contributed by atoms with E-state index in [1.165, 1.54) is 0 Å². The zero-order valence-corrected chi connectivity index (χ0v) is 14.0. The van der Waals surface area contributed by atoms with E-state index in [9.17, 15) is 8.42 Å². The Morgan fingerprint density at radius 3 is 2.78 bits per heavy atom. The van der Waals surface area contributed by atoms with Crippen LogP contribution in [-0.2, 0) is 10.0 Å². The van der Waals surface area contributed by atoms with Crippen molar-refractivity contribution in [3.8, 4) is 11.3 Å². The topological polar surface area (TPSA) is 63.5 Å². The number of benzene rings is 1. The van der Waals surface area contributed by atoms with Crippen LogP contribution in [0.5, 0.6) is 0 Å². The maximum absolute atomic E-state index is 11.9. The van der Waals surface area contributed by atoms with Gasteiger partial charge in [-0.15, -0.1) is 0 Å². The number of hydrogen-bond donors (Lipinski definition) is 1. The number of sulfonamides is 1. The lowest BCUT2D eigenvalue weighted by Crippen LogP contribution is -2.15. The minimum absolute atomic E-state index is 0.116. The molecule has 0 saturated carbocycles. The maximum Gasteiger partial charge on any atom is 0.232 e. The summed E-state index contributed by atoms with van der Waals surface area (Å²) < 4.78 is 28.4. The van der Waals surface area contributed by atoms with Gasteiger partial charge < -0.3 is 4.40 Å². The second kappa shape index (κ2) is 6.04. The Bertz CT molecular complexity index is 945. The number of nitrogens with zero attached hydrogens (tertiary/aromatic N) is 2. The quantitative estimate of drug-likeness (QED) is 0.779. The van der Waals surface area contributed by atoms with Crippen LogP contribution in [-0.4, -0.2) is 23.6 Å². The minimum atomic E-state index is -3.29. The fourth-order valence-corrected chi connectivity index (χ4v) is 3.66. The van der Waals surface area contributed by atoms with Crippen LogP contribution in [0.2, 0.25) is 0 Å². The monoisotopic (exact) mass is 329 g/mol. The van der Waals surface area contributed by atoms with Crippen LogP contribution in [0.3, 0.4) is 0 Å². The molecule has 0 fully saturated rings. The van der Waals surface area contributed by atoms with Gasteiger partial charge in [-0.3, -0.25) is 4.72 Å². The first-order valence-corrected chi connectivity index (χ1v) is 9.19. The molecular weight excluding hydrogens is 310 g/mol. The average molecular weight is 329 g/mol. The Kier molecular flexibility index (Phi) is 4.09. The maximum atomic E-state index is 11.9. The van der Waals surface area contributed by atoms with Gasteiger partial charge in [0.1, 0.15) is 5.65 Å². The van der Waals surface area contributed by atoms with Gasteiger partial charge >= 0.3 is 0 Å². The third kappa shape index (κ3) is 3.37. The van der Waals surface area contributed by atoms with Crippen molar-refractivity contribution in [2.45, 2.75) is 20.3 Å². The van der Waals surface area contributed by atoms with Crippen molar-refractivity contribution in [3.63, 3.8) is 0 Å². The lowest BCUT2D eigenvalue weighted by Gasteiger charge is -2.07. The van der Waals surface area contributed by atoms with E-state index in [-0.39, 0.29) is 5.75 Å². The molecular formula is C17H19N3O2S. The third-order valence-electron chi connectivity index (χ3n) is 3.58. The van der Waals surface area contributed by atoms with Gasteiger partial charge in [0.15, 0.2) is 0 Å². The first-order chi connectivity index (χ1) is 11.0. The van der Waals surface area contributed by atoms with E-state index >= 15 is 0 Å². The molecule has 0 spiro atoms. The summed E-state index contributed by atoms with van der Waals surface area (Å²) in [5, 5.41) is 0. The van der Waals surface area contributed by atoms with Crippen LogP contribution in [0.15, 0.2) is 48.8 Å². The van der Waals surface area contributed by atoms with Crippen LogP contribution >= 0.6 is 0 Å². The van der Waals surface area contributed by atoms with E-state index in [0.717, 1.165) is 22.5 Å². The second-order valence-corrected chi connectivity index (χ2v) is 7.39. The van der Waals surface area contributed by atoms with Gasteiger partial charge in [-0.1, -0.05) is 25.1 Å². The van der Waals surface area contributed by atoms with Gasteiger partial charge in [-0.25, -0.2) is 13.4 Å². The lowest BCUT2D eigenvalue weighted by atomic mass is 10.1. The van der Waals surface area contributed by atoms with Crippen molar-refractivity contribution >= 4 is 21.4 Å². The van der Waals surface area contributed by atoms with E-state index in [1.54, 1.807) is 6.07 Å².